The molecule has 0 atom stereocenters. The third-order valence-corrected chi connectivity index (χ3v) is 2.62. The van der Waals surface area contributed by atoms with E-state index in [1.54, 1.807) is 6.07 Å². The van der Waals surface area contributed by atoms with Crippen molar-refractivity contribution in [3.05, 3.63) is 58.9 Å². The minimum atomic E-state index is -0.646. The number of benzene rings is 2. The van der Waals surface area contributed by atoms with Crippen LogP contribution in [0.2, 0.25) is 0 Å². The van der Waals surface area contributed by atoms with E-state index in [2.05, 4.69) is 5.32 Å². The number of nitrogens with zero attached hydrogens (tertiary/aromatic N) is 1. The number of aryl methyl sites for hydroxylation is 1. The summed E-state index contributed by atoms with van der Waals surface area (Å²) in [7, 11) is 0. The Morgan fingerprint density at radius 3 is 2.42 bits per heavy atom. The second-order valence-electron chi connectivity index (χ2n) is 4.01. The zero-order chi connectivity index (χ0) is 14.0. The van der Waals surface area contributed by atoms with Crippen molar-refractivity contribution in [1.82, 2.24) is 0 Å². The molecule has 0 amide bonds. The maximum atomic E-state index is 13.6. The van der Waals surface area contributed by atoms with Gasteiger partial charge in [-0.15, -0.1) is 0 Å². The van der Waals surface area contributed by atoms with E-state index in [1.165, 1.54) is 13.0 Å². The van der Waals surface area contributed by atoms with Crippen LogP contribution < -0.4 is 5.32 Å². The number of hydrogen-bond acceptors (Lipinski definition) is 2. The van der Waals surface area contributed by atoms with Gasteiger partial charge in [-0.3, -0.25) is 0 Å². The number of hydrogen-bond donors (Lipinski definition) is 1. The summed E-state index contributed by atoms with van der Waals surface area (Å²) >= 11 is 0. The summed E-state index contributed by atoms with van der Waals surface area (Å²) in [6.45, 7) is 1.45. The molecule has 0 unspecified atom stereocenters. The first kappa shape index (κ1) is 13.0. The highest BCUT2D eigenvalue weighted by atomic mass is 19.1. The molecule has 0 aliphatic heterocycles. The summed E-state index contributed by atoms with van der Waals surface area (Å²) in [6, 6.07) is 7.27. The minimum absolute atomic E-state index is 0.0142. The van der Waals surface area contributed by atoms with Gasteiger partial charge in [0.1, 0.15) is 23.5 Å². The van der Waals surface area contributed by atoms with E-state index in [0.717, 1.165) is 24.3 Å². The van der Waals surface area contributed by atoms with E-state index >= 15 is 0 Å². The summed E-state index contributed by atoms with van der Waals surface area (Å²) in [5.74, 6) is -1.78. The van der Waals surface area contributed by atoms with Crippen LogP contribution in [-0.4, -0.2) is 0 Å². The van der Waals surface area contributed by atoms with Gasteiger partial charge in [0.25, 0.3) is 0 Å². The van der Waals surface area contributed by atoms with Crippen molar-refractivity contribution < 1.29 is 13.2 Å². The lowest BCUT2D eigenvalue weighted by Gasteiger charge is -2.10. The third-order valence-electron chi connectivity index (χ3n) is 2.62. The number of rotatable bonds is 2. The van der Waals surface area contributed by atoms with Crippen molar-refractivity contribution in [2.24, 2.45) is 0 Å². The van der Waals surface area contributed by atoms with Crippen molar-refractivity contribution in [3.63, 3.8) is 0 Å². The van der Waals surface area contributed by atoms with Crippen LogP contribution in [0.5, 0.6) is 0 Å². The molecule has 1 N–H and O–H groups in total. The Hall–Kier alpha value is -2.48. The first-order chi connectivity index (χ1) is 9.01. The molecule has 96 valence electrons. The molecule has 2 nitrogen and oxygen atoms in total. The van der Waals surface area contributed by atoms with Crippen LogP contribution in [0.1, 0.15) is 11.1 Å². The zero-order valence-electron chi connectivity index (χ0n) is 9.97. The maximum absolute atomic E-state index is 13.6. The van der Waals surface area contributed by atoms with Gasteiger partial charge in [0.15, 0.2) is 0 Å². The molecule has 0 aliphatic rings. The first-order valence-electron chi connectivity index (χ1n) is 5.43. The van der Waals surface area contributed by atoms with Crippen molar-refractivity contribution in [2.45, 2.75) is 6.92 Å². The van der Waals surface area contributed by atoms with Crippen molar-refractivity contribution in [2.75, 3.05) is 5.32 Å². The SMILES string of the molecule is Cc1cc(F)c(Nc2ccc(F)cc2C#N)cc1F. The standard InChI is InChI=1S/C14H9F3N2/c1-8-4-12(17)14(6-11(8)16)19-13-3-2-10(15)5-9(13)7-18/h2-6,19H,1H3. The molecule has 2 rings (SSSR count). The molecule has 0 aromatic heterocycles. The van der Waals surface area contributed by atoms with Crippen LogP contribution in [0.25, 0.3) is 0 Å². The molecule has 0 radical (unpaired) electrons. The van der Waals surface area contributed by atoms with E-state index in [4.69, 9.17) is 5.26 Å². The van der Waals surface area contributed by atoms with Crippen molar-refractivity contribution >= 4 is 11.4 Å². The Morgan fingerprint density at radius 1 is 1.00 bits per heavy atom. The Morgan fingerprint density at radius 2 is 1.74 bits per heavy atom. The highest BCUT2D eigenvalue weighted by Crippen LogP contribution is 2.25. The maximum Gasteiger partial charge on any atom is 0.147 e. The topological polar surface area (TPSA) is 35.8 Å². The van der Waals surface area contributed by atoms with E-state index in [0.29, 0.717) is 0 Å². The lowest BCUT2D eigenvalue weighted by atomic mass is 10.1. The first-order valence-corrected chi connectivity index (χ1v) is 5.43. The Balaban J connectivity index is 2.42. The van der Waals surface area contributed by atoms with Gasteiger partial charge in [0.2, 0.25) is 0 Å². The van der Waals surface area contributed by atoms with Crippen LogP contribution in [0.15, 0.2) is 30.3 Å². The van der Waals surface area contributed by atoms with Crippen LogP contribution in [-0.2, 0) is 0 Å². The minimum Gasteiger partial charge on any atom is -0.352 e. The number of halogens is 3. The van der Waals surface area contributed by atoms with E-state index in [-0.39, 0.29) is 22.5 Å². The van der Waals surface area contributed by atoms with Gasteiger partial charge in [-0.05, 0) is 36.8 Å². The molecule has 19 heavy (non-hydrogen) atoms. The molecule has 5 heteroatoms. The van der Waals surface area contributed by atoms with Gasteiger partial charge in [-0.1, -0.05) is 0 Å². The molecular formula is C14H9F3N2. The summed E-state index contributed by atoms with van der Waals surface area (Å²) in [4.78, 5) is 0. The van der Waals surface area contributed by atoms with Gasteiger partial charge in [0.05, 0.1) is 16.9 Å². The van der Waals surface area contributed by atoms with Gasteiger partial charge >= 0.3 is 0 Å². The molecule has 0 fully saturated rings. The lowest BCUT2D eigenvalue weighted by Crippen LogP contribution is -1.99. The molecule has 2 aromatic rings. The zero-order valence-corrected chi connectivity index (χ0v) is 9.97. The predicted octanol–water partition coefficient (Wildman–Crippen LogP) is 4.03. The Bertz CT molecular complexity index is 675. The van der Waals surface area contributed by atoms with E-state index in [9.17, 15) is 13.2 Å². The quantitative estimate of drug-likeness (QED) is 0.887. The monoisotopic (exact) mass is 262 g/mol. The lowest BCUT2D eigenvalue weighted by molar-refractivity contribution is 0.595. The largest absolute Gasteiger partial charge is 0.352 e. The van der Waals surface area contributed by atoms with Crippen molar-refractivity contribution in [3.8, 4) is 6.07 Å². The average molecular weight is 262 g/mol. The molecule has 0 saturated heterocycles. The second kappa shape index (κ2) is 5.02. The smallest absolute Gasteiger partial charge is 0.147 e. The van der Waals surface area contributed by atoms with Crippen LogP contribution >= 0.6 is 0 Å². The normalized spacial score (nSPS) is 10.1. The molecule has 0 heterocycles. The molecule has 0 bridgehead atoms. The van der Waals surface area contributed by atoms with Crippen molar-refractivity contribution in [1.29, 1.82) is 5.26 Å². The van der Waals surface area contributed by atoms with Crippen LogP contribution in [0.3, 0.4) is 0 Å². The molecule has 2 aromatic carbocycles. The Labute approximate surface area is 108 Å². The second-order valence-corrected chi connectivity index (χ2v) is 4.01. The number of nitrogens with one attached hydrogen (secondary N) is 1. The molecule has 0 saturated carbocycles. The number of anilines is 2. The average Bonchev–Trinajstić information content (AvgIpc) is 2.37. The van der Waals surface area contributed by atoms with Gasteiger partial charge in [0, 0.05) is 6.07 Å². The Kier molecular flexibility index (Phi) is 3.43. The fourth-order valence-corrected chi connectivity index (χ4v) is 1.61. The van der Waals surface area contributed by atoms with Crippen LogP contribution in [0, 0.1) is 35.7 Å². The summed E-state index contributed by atoms with van der Waals surface area (Å²) in [6.07, 6.45) is 0. The number of nitriles is 1. The molecule has 0 spiro atoms. The van der Waals surface area contributed by atoms with Crippen LogP contribution in [0.4, 0.5) is 24.5 Å². The fourth-order valence-electron chi connectivity index (χ4n) is 1.61. The van der Waals surface area contributed by atoms with E-state index < -0.39 is 17.5 Å². The summed E-state index contributed by atoms with van der Waals surface area (Å²) in [5.41, 5.74) is 0.306. The summed E-state index contributed by atoms with van der Waals surface area (Å²) in [5, 5.41) is 11.4. The van der Waals surface area contributed by atoms with Gasteiger partial charge < -0.3 is 5.32 Å². The molecular weight excluding hydrogens is 253 g/mol. The highest BCUT2D eigenvalue weighted by Gasteiger charge is 2.10. The predicted molar refractivity (Wildman–Crippen MR) is 65.5 cm³/mol. The highest BCUT2D eigenvalue weighted by molar-refractivity contribution is 5.67. The molecule has 0 aliphatic carbocycles. The summed E-state index contributed by atoms with van der Waals surface area (Å²) < 4.78 is 40.0. The van der Waals surface area contributed by atoms with Gasteiger partial charge in [-0.2, -0.15) is 5.26 Å². The fraction of sp³-hybridized carbons (Fsp3) is 0.0714. The third kappa shape index (κ3) is 2.68. The van der Waals surface area contributed by atoms with E-state index in [1.807, 2.05) is 0 Å². The van der Waals surface area contributed by atoms with Gasteiger partial charge in [-0.25, -0.2) is 13.2 Å².